The third-order valence-corrected chi connectivity index (χ3v) is 4.10. The molecule has 0 aliphatic carbocycles. The molecule has 4 aromatic rings. The summed E-state index contributed by atoms with van der Waals surface area (Å²) in [7, 11) is 0. The first-order valence-corrected chi connectivity index (χ1v) is 7.93. The first-order chi connectivity index (χ1) is 11.8. The van der Waals surface area contributed by atoms with Gasteiger partial charge in [0.2, 0.25) is 11.8 Å². The van der Waals surface area contributed by atoms with E-state index in [1.165, 1.54) is 10.8 Å². The lowest BCUT2D eigenvalue weighted by Gasteiger charge is -2.00. The van der Waals surface area contributed by atoms with Crippen molar-refractivity contribution in [2.75, 3.05) is 0 Å². The van der Waals surface area contributed by atoms with Crippen LogP contribution in [0.3, 0.4) is 0 Å². The highest BCUT2D eigenvalue weighted by Gasteiger charge is 2.09. The lowest BCUT2D eigenvalue weighted by atomic mass is 10.0. The van der Waals surface area contributed by atoms with E-state index in [2.05, 4.69) is 34.5 Å². The normalized spacial score (nSPS) is 11.4. The number of hydrogen-bond donors (Lipinski definition) is 0. The summed E-state index contributed by atoms with van der Waals surface area (Å²) >= 11 is 6.16. The SMILES string of the molecule is Clc1ccccc1-c1nnc(/C=C/c2cccc3ccccc23)o1. The molecule has 0 aliphatic rings. The highest BCUT2D eigenvalue weighted by molar-refractivity contribution is 6.33. The molecule has 3 nitrogen and oxygen atoms in total. The van der Waals surface area contributed by atoms with Gasteiger partial charge in [-0.1, -0.05) is 66.2 Å². The predicted octanol–water partition coefficient (Wildman–Crippen LogP) is 5.71. The Morgan fingerprint density at radius 1 is 0.792 bits per heavy atom. The highest BCUT2D eigenvalue weighted by atomic mass is 35.5. The Bertz CT molecular complexity index is 1030. The Labute approximate surface area is 144 Å². The van der Waals surface area contributed by atoms with Gasteiger partial charge >= 0.3 is 0 Å². The molecule has 116 valence electrons. The average Bonchev–Trinajstić information content (AvgIpc) is 3.09. The van der Waals surface area contributed by atoms with Crippen LogP contribution in [-0.4, -0.2) is 10.2 Å². The van der Waals surface area contributed by atoms with Gasteiger partial charge in [0.25, 0.3) is 0 Å². The molecular formula is C20H13ClN2O. The summed E-state index contributed by atoms with van der Waals surface area (Å²) in [6.07, 6.45) is 3.79. The average molecular weight is 333 g/mol. The molecule has 4 rings (SSSR count). The van der Waals surface area contributed by atoms with E-state index in [4.69, 9.17) is 16.0 Å². The van der Waals surface area contributed by atoms with Crippen LogP contribution in [0.5, 0.6) is 0 Å². The van der Waals surface area contributed by atoms with E-state index < -0.39 is 0 Å². The van der Waals surface area contributed by atoms with Gasteiger partial charge in [0.15, 0.2) is 0 Å². The van der Waals surface area contributed by atoms with Crippen LogP contribution in [0, 0.1) is 0 Å². The molecular weight excluding hydrogens is 320 g/mol. The van der Waals surface area contributed by atoms with Crippen molar-refractivity contribution in [3.8, 4) is 11.5 Å². The zero-order chi connectivity index (χ0) is 16.4. The Morgan fingerprint density at radius 3 is 2.50 bits per heavy atom. The lowest BCUT2D eigenvalue weighted by Crippen LogP contribution is -1.78. The maximum absolute atomic E-state index is 6.16. The summed E-state index contributed by atoms with van der Waals surface area (Å²) in [5.41, 5.74) is 1.84. The first-order valence-electron chi connectivity index (χ1n) is 7.55. The van der Waals surface area contributed by atoms with Crippen LogP contribution in [0.15, 0.2) is 71.1 Å². The Balaban J connectivity index is 1.66. The van der Waals surface area contributed by atoms with Crippen molar-refractivity contribution in [1.29, 1.82) is 0 Å². The molecule has 3 aromatic carbocycles. The van der Waals surface area contributed by atoms with Crippen molar-refractivity contribution in [2.45, 2.75) is 0 Å². The molecule has 0 fully saturated rings. The molecule has 0 unspecified atom stereocenters. The van der Waals surface area contributed by atoms with Crippen LogP contribution in [-0.2, 0) is 0 Å². The molecule has 4 heteroatoms. The zero-order valence-electron chi connectivity index (χ0n) is 12.7. The maximum Gasteiger partial charge on any atom is 0.249 e. The van der Waals surface area contributed by atoms with Crippen LogP contribution in [0.4, 0.5) is 0 Å². The zero-order valence-corrected chi connectivity index (χ0v) is 13.4. The van der Waals surface area contributed by atoms with Crippen LogP contribution in [0.25, 0.3) is 34.4 Å². The highest BCUT2D eigenvalue weighted by Crippen LogP contribution is 2.27. The minimum Gasteiger partial charge on any atom is -0.417 e. The van der Waals surface area contributed by atoms with Gasteiger partial charge in [0, 0.05) is 6.08 Å². The molecule has 0 atom stereocenters. The summed E-state index contributed by atoms with van der Waals surface area (Å²) in [6.45, 7) is 0. The van der Waals surface area contributed by atoms with Gasteiger partial charge in [-0.3, -0.25) is 0 Å². The van der Waals surface area contributed by atoms with Crippen molar-refractivity contribution >= 4 is 34.5 Å². The monoisotopic (exact) mass is 332 g/mol. The third kappa shape index (κ3) is 2.82. The molecule has 0 radical (unpaired) electrons. The molecule has 0 amide bonds. The summed E-state index contributed by atoms with van der Waals surface area (Å²) < 4.78 is 5.69. The number of aromatic nitrogens is 2. The summed E-state index contributed by atoms with van der Waals surface area (Å²) in [6, 6.07) is 21.8. The largest absolute Gasteiger partial charge is 0.417 e. The van der Waals surface area contributed by atoms with E-state index in [-0.39, 0.29) is 0 Å². The topological polar surface area (TPSA) is 38.9 Å². The van der Waals surface area contributed by atoms with Crippen LogP contribution in [0.2, 0.25) is 5.02 Å². The van der Waals surface area contributed by atoms with E-state index >= 15 is 0 Å². The fourth-order valence-electron chi connectivity index (χ4n) is 2.60. The van der Waals surface area contributed by atoms with Gasteiger partial charge in [0.1, 0.15) is 0 Å². The summed E-state index contributed by atoms with van der Waals surface area (Å²) in [5.74, 6) is 0.857. The van der Waals surface area contributed by atoms with Crippen molar-refractivity contribution in [3.63, 3.8) is 0 Å². The lowest BCUT2D eigenvalue weighted by molar-refractivity contribution is 0.558. The van der Waals surface area contributed by atoms with Crippen molar-refractivity contribution in [1.82, 2.24) is 10.2 Å². The van der Waals surface area contributed by atoms with E-state index in [1.807, 2.05) is 48.6 Å². The molecule has 24 heavy (non-hydrogen) atoms. The fourth-order valence-corrected chi connectivity index (χ4v) is 2.82. The van der Waals surface area contributed by atoms with Crippen molar-refractivity contribution in [2.24, 2.45) is 0 Å². The second-order valence-corrected chi connectivity index (χ2v) is 5.73. The Morgan fingerprint density at radius 2 is 1.58 bits per heavy atom. The van der Waals surface area contributed by atoms with E-state index in [0.717, 1.165) is 11.1 Å². The number of fused-ring (bicyclic) bond motifs is 1. The number of nitrogens with zero attached hydrogens (tertiary/aromatic N) is 2. The van der Waals surface area contributed by atoms with Crippen LogP contribution >= 0.6 is 11.6 Å². The van der Waals surface area contributed by atoms with E-state index in [1.54, 1.807) is 6.07 Å². The van der Waals surface area contributed by atoms with E-state index in [9.17, 15) is 0 Å². The van der Waals surface area contributed by atoms with Crippen LogP contribution < -0.4 is 0 Å². The second kappa shape index (κ2) is 6.30. The minimum atomic E-state index is 0.415. The van der Waals surface area contributed by atoms with E-state index in [0.29, 0.717) is 16.8 Å². The molecule has 1 aromatic heterocycles. The molecule has 1 heterocycles. The van der Waals surface area contributed by atoms with Crippen molar-refractivity contribution in [3.05, 3.63) is 83.2 Å². The van der Waals surface area contributed by atoms with Gasteiger partial charge in [0.05, 0.1) is 10.6 Å². The van der Waals surface area contributed by atoms with Gasteiger partial charge < -0.3 is 4.42 Å². The van der Waals surface area contributed by atoms with Gasteiger partial charge in [-0.2, -0.15) is 0 Å². The van der Waals surface area contributed by atoms with Gasteiger partial charge in [-0.05, 0) is 34.5 Å². The summed E-state index contributed by atoms with van der Waals surface area (Å²) in [5, 5.41) is 11.1. The molecule has 0 saturated heterocycles. The second-order valence-electron chi connectivity index (χ2n) is 5.33. The Hall–Kier alpha value is -2.91. The predicted molar refractivity (Wildman–Crippen MR) is 97.6 cm³/mol. The quantitative estimate of drug-likeness (QED) is 0.482. The van der Waals surface area contributed by atoms with Crippen molar-refractivity contribution < 1.29 is 4.42 Å². The smallest absolute Gasteiger partial charge is 0.249 e. The molecule has 0 bridgehead atoms. The fraction of sp³-hybridized carbons (Fsp3) is 0. The first kappa shape index (κ1) is 14.7. The maximum atomic E-state index is 6.16. The number of hydrogen-bond acceptors (Lipinski definition) is 3. The Kier molecular flexibility index (Phi) is 3.85. The number of benzene rings is 3. The molecule has 0 aliphatic heterocycles. The van der Waals surface area contributed by atoms with Crippen LogP contribution in [0.1, 0.15) is 11.5 Å². The van der Waals surface area contributed by atoms with Gasteiger partial charge in [-0.15, -0.1) is 10.2 Å². The van der Waals surface area contributed by atoms with Gasteiger partial charge in [-0.25, -0.2) is 0 Å². The standard InChI is InChI=1S/C20H13ClN2O/c21-18-11-4-3-10-17(18)20-23-22-19(24-20)13-12-15-8-5-7-14-6-1-2-9-16(14)15/h1-13H/b13-12+. The number of halogens is 1. The molecule has 0 saturated carbocycles. The molecule has 0 spiro atoms. The molecule has 0 N–H and O–H groups in total. The minimum absolute atomic E-state index is 0.415. The number of rotatable bonds is 3. The third-order valence-electron chi connectivity index (χ3n) is 3.77. The summed E-state index contributed by atoms with van der Waals surface area (Å²) in [4.78, 5) is 0.